The van der Waals surface area contributed by atoms with Crippen LogP contribution in [0.25, 0.3) is 0 Å². The maximum absolute atomic E-state index is 11.6. The average molecular weight is 351 g/mol. The maximum atomic E-state index is 11.6. The van der Waals surface area contributed by atoms with Gasteiger partial charge >= 0.3 is 0 Å². The molecule has 0 aliphatic carbocycles. The fourth-order valence-electron chi connectivity index (χ4n) is 1.52. The molecule has 1 unspecified atom stereocenters. The van der Waals surface area contributed by atoms with E-state index in [1.807, 2.05) is 6.92 Å². The zero-order valence-corrected chi connectivity index (χ0v) is 13.0. The quantitative estimate of drug-likeness (QED) is 0.795. The highest BCUT2D eigenvalue weighted by Gasteiger charge is 2.09. The molecule has 6 heteroatoms. The van der Waals surface area contributed by atoms with E-state index in [1.54, 1.807) is 18.2 Å². The number of rotatable bonds is 7. The van der Waals surface area contributed by atoms with E-state index in [4.69, 9.17) is 21.4 Å². The second kappa shape index (κ2) is 8.40. The summed E-state index contributed by atoms with van der Waals surface area (Å²) in [5.41, 5.74) is 0. The van der Waals surface area contributed by atoms with Crippen molar-refractivity contribution in [3.05, 3.63) is 27.7 Å². The minimum absolute atomic E-state index is 0.0173. The van der Waals surface area contributed by atoms with Crippen LogP contribution >= 0.6 is 27.5 Å². The SMILES string of the molecule is CC(CCCO)NC(=O)COc1ccc(Br)cc1Cl. The van der Waals surface area contributed by atoms with Gasteiger partial charge in [0.1, 0.15) is 5.75 Å². The summed E-state index contributed by atoms with van der Waals surface area (Å²) in [4.78, 5) is 11.6. The molecule has 0 heterocycles. The van der Waals surface area contributed by atoms with Crippen LogP contribution in [-0.2, 0) is 4.79 Å². The van der Waals surface area contributed by atoms with E-state index in [0.717, 1.165) is 10.9 Å². The summed E-state index contributed by atoms with van der Waals surface area (Å²) >= 11 is 9.27. The van der Waals surface area contributed by atoms with Crippen molar-refractivity contribution < 1.29 is 14.6 Å². The van der Waals surface area contributed by atoms with Gasteiger partial charge in [0.05, 0.1) is 5.02 Å². The van der Waals surface area contributed by atoms with Crippen molar-refractivity contribution in [3.8, 4) is 5.75 Å². The molecule has 0 fully saturated rings. The highest BCUT2D eigenvalue weighted by Crippen LogP contribution is 2.27. The number of aliphatic hydroxyl groups is 1. The molecule has 1 aromatic rings. The molecule has 106 valence electrons. The Morgan fingerprint density at radius 3 is 2.95 bits per heavy atom. The van der Waals surface area contributed by atoms with Crippen molar-refractivity contribution >= 4 is 33.4 Å². The van der Waals surface area contributed by atoms with Crippen molar-refractivity contribution in [2.24, 2.45) is 0 Å². The van der Waals surface area contributed by atoms with E-state index < -0.39 is 0 Å². The normalized spacial score (nSPS) is 12.0. The Labute approximate surface area is 126 Å². The molecule has 0 bridgehead atoms. The third kappa shape index (κ3) is 6.27. The smallest absolute Gasteiger partial charge is 0.258 e. The van der Waals surface area contributed by atoms with Crippen LogP contribution in [0.1, 0.15) is 19.8 Å². The van der Waals surface area contributed by atoms with E-state index in [9.17, 15) is 4.79 Å². The molecule has 0 saturated carbocycles. The number of benzene rings is 1. The molecule has 0 saturated heterocycles. The van der Waals surface area contributed by atoms with E-state index in [2.05, 4.69) is 21.2 Å². The first kappa shape index (κ1) is 16.3. The van der Waals surface area contributed by atoms with Crippen molar-refractivity contribution in [1.82, 2.24) is 5.32 Å². The van der Waals surface area contributed by atoms with Gasteiger partial charge in [-0.3, -0.25) is 4.79 Å². The molecule has 2 N–H and O–H groups in total. The number of ether oxygens (including phenoxy) is 1. The number of halogens is 2. The summed E-state index contributed by atoms with van der Waals surface area (Å²) in [6, 6.07) is 5.22. The van der Waals surface area contributed by atoms with Gasteiger partial charge in [0, 0.05) is 17.1 Å². The molecule has 4 nitrogen and oxygen atoms in total. The number of hydrogen-bond acceptors (Lipinski definition) is 3. The lowest BCUT2D eigenvalue weighted by atomic mass is 10.2. The molecule has 1 rings (SSSR count). The Morgan fingerprint density at radius 2 is 2.32 bits per heavy atom. The molecule has 1 aromatic carbocycles. The largest absolute Gasteiger partial charge is 0.482 e. The van der Waals surface area contributed by atoms with Gasteiger partial charge < -0.3 is 15.2 Å². The summed E-state index contributed by atoms with van der Waals surface area (Å²) in [5, 5.41) is 11.9. The molecule has 0 aromatic heterocycles. The Kier molecular flexibility index (Phi) is 7.20. The number of aliphatic hydroxyl groups excluding tert-OH is 1. The Morgan fingerprint density at radius 1 is 1.58 bits per heavy atom. The number of amides is 1. The molecule has 0 aliphatic rings. The van der Waals surface area contributed by atoms with Crippen molar-refractivity contribution in [1.29, 1.82) is 0 Å². The van der Waals surface area contributed by atoms with Gasteiger partial charge in [-0.15, -0.1) is 0 Å². The van der Waals surface area contributed by atoms with Gasteiger partial charge in [-0.2, -0.15) is 0 Å². The Balaban J connectivity index is 2.37. The molecule has 0 spiro atoms. The van der Waals surface area contributed by atoms with E-state index >= 15 is 0 Å². The van der Waals surface area contributed by atoms with Crippen LogP contribution in [0.3, 0.4) is 0 Å². The molecule has 0 radical (unpaired) electrons. The molecular formula is C13H17BrClNO3. The van der Waals surface area contributed by atoms with Crippen LogP contribution in [0.15, 0.2) is 22.7 Å². The first-order valence-electron chi connectivity index (χ1n) is 6.01. The third-order valence-electron chi connectivity index (χ3n) is 2.46. The fraction of sp³-hybridized carbons (Fsp3) is 0.462. The molecular weight excluding hydrogens is 334 g/mol. The second-order valence-electron chi connectivity index (χ2n) is 4.20. The van der Waals surface area contributed by atoms with Crippen LogP contribution in [0.2, 0.25) is 5.02 Å². The summed E-state index contributed by atoms with van der Waals surface area (Å²) in [5.74, 6) is 0.271. The highest BCUT2D eigenvalue weighted by molar-refractivity contribution is 9.10. The predicted molar refractivity (Wildman–Crippen MR) is 78.6 cm³/mol. The van der Waals surface area contributed by atoms with Gasteiger partial charge in [0.25, 0.3) is 5.91 Å². The van der Waals surface area contributed by atoms with Crippen molar-refractivity contribution in [3.63, 3.8) is 0 Å². The number of hydrogen-bond donors (Lipinski definition) is 2. The molecule has 1 amide bonds. The fourth-order valence-corrected chi connectivity index (χ4v) is 2.25. The Bertz CT molecular complexity index is 428. The topological polar surface area (TPSA) is 58.6 Å². The zero-order chi connectivity index (χ0) is 14.3. The lowest BCUT2D eigenvalue weighted by Crippen LogP contribution is -2.36. The molecule has 0 aliphatic heterocycles. The number of carbonyl (C=O) groups excluding carboxylic acids is 1. The van der Waals surface area contributed by atoms with Gasteiger partial charge in [0.15, 0.2) is 6.61 Å². The van der Waals surface area contributed by atoms with E-state index in [0.29, 0.717) is 17.2 Å². The van der Waals surface area contributed by atoms with E-state index in [1.165, 1.54) is 0 Å². The summed E-state index contributed by atoms with van der Waals surface area (Å²) in [7, 11) is 0. The maximum Gasteiger partial charge on any atom is 0.258 e. The summed E-state index contributed by atoms with van der Waals surface area (Å²) in [6.45, 7) is 1.94. The van der Waals surface area contributed by atoms with Crippen LogP contribution in [0, 0.1) is 0 Å². The minimum Gasteiger partial charge on any atom is -0.482 e. The summed E-state index contributed by atoms with van der Waals surface area (Å²) in [6.07, 6.45) is 1.40. The van der Waals surface area contributed by atoms with E-state index in [-0.39, 0.29) is 25.2 Å². The first-order chi connectivity index (χ1) is 9.02. The van der Waals surface area contributed by atoms with Crippen molar-refractivity contribution in [2.45, 2.75) is 25.8 Å². The lowest BCUT2D eigenvalue weighted by molar-refractivity contribution is -0.123. The zero-order valence-electron chi connectivity index (χ0n) is 10.7. The lowest BCUT2D eigenvalue weighted by Gasteiger charge is -2.14. The number of carbonyl (C=O) groups is 1. The van der Waals surface area contributed by atoms with Crippen LogP contribution < -0.4 is 10.1 Å². The predicted octanol–water partition coefficient (Wildman–Crippen LogP) is 2.76. The van der Waals surface area contributed by atoms with Gasteiger partial charge in [-0.25, -0.2) is 0 Å². The Hall–Kier alpha value is -0.780. The summed E-state index contributed by atoms with van der Waals surface area (Å²) < 4.78 is 6.20. The van der Waals surface area contributed by atoms with Crippen LogP contribution in [0.5, 0.6) is 5.75 Å². The number of nitrogens with one attached hydrogen (secondary N) is 1. The first-order valence-corrected chi connectivity index (χ1v) is 7.18. The highest BCUT2D eigenvalue weighted by atomic mass is 79.9. The van der Waals surface area contributed by atoms with Gasteiger partial charge in [0.2, 0.25) is 0 Å². The van der Waals surface area contributed by atoms with Crippen molar-refractivity contribution in [2.75, 3.05) is 13.2 Å². The monoisotopic (exact) mass is 349 g/mol. The van der Waals surface area contributed by atoms with Gasteiger partial charge in [-0.05, 0) is 38.0 Å². The van der Waals surface area contributed by atoms with Crippen LogP contribution in [0.4, 0.5) is 0 Å². The second-order valence-corrected chi connectivity index (χ2v) is 5.52. The van der Waals surface area contributed by atoms with Crippen LogP contribution in [-0.4, -0.2) is 30.3 Å². The molecule has 1 atom stereocenters. The standard InChI is InChI=1S/C13H17BrClNO3/c1-9(3-2-6-17)16-13(18)8-19-12-5-4-10(14)7-11(12)15/h4-5,7,9,17H,2-3,6,8H2,1H3,(H,16,18). The molecule has 19 heavy (non-hydrogen) atoms. The average Bonchev–Trinajstić information content (AvgIpc) is 2.35. The minimum atomic E-state index is -0.204. The third-order valence-corrected chi connectivity index (χ3v) is 3.24. The van der Waals surface area contributed by atoms with Gasteiger partial charge in [-0.1, -0.05) is 27.5 Å².